The molecule has 1 aromatic carbocycles. The van der Waals surface area contributed by atoms with E-state index in [-0.39, 0.29) is 10.6 Å². The third-order valence-corrected chi connectivity index (χ3v) is 2.90. The van der Waals surface area contributed by atoms with Crippen LogP contribution in [0.2, 0.25) is 0 Å². The summed E-state index contributed by atoms with van der Waals surface area (Å²) in [5.74, 6) is 0.498. The van der Waals surface area contributed by atoms with Crippen LogP contribution in [0.25, 0.3) is 0 Å². The van der Waals surface area contributed by atoms with Crippen LogP contribution in [0, 0.1) is 5.82 Å². The molecule has 0 N–H and O–H groups in total. The van der Waals surface area contributed by atoms with Gasteiger partial charge in [-0.15, -0.1) is 0 Å². The van der Waals surface area contributed by atoms with Crippen molar-refractivity contribution in [3.8, 4) is 0 Å². The Morgan fingerprint density at radius 3 is 2.62 bits per heavy atom. The average Bonchev–Trinajstić information content (AvgIpc) is 2.30. The standard InChI is InChI=1S/C12H10BrFN2/c13-11(12-15-5-2-6-16-12)8-9-3-1-4-10(14)7-9/h1-7,11H,8H2. The normalized spacial score (nSPS) is 12.4. The topological polar surface area (TPSA) is 25.8 Å². The number of aromatic nitrogens is 2. The number of hydrogen-bond acceptors (Lipinski definition) is 2. The Morgan fingerprint density at radius 2 is 1.94 bits per heavy atom. The lowest BCUT2D eigenvalue weighted by Crippen LogP contribution is -2.00. The summed E-state index contributed by atoms with van der Waals surface area (Å²) in [4.78, 5) is 8.30. The summed E-state index contributed by atoms with van der Waals surface area (Å²) in [6.07, 6.45) is 4.06. The molecule has 1 unspecified atom stereocenters. The lowest BCUT2D eigenvalue weighted by atomic mass is 10.1. The second kappa shape index (κ2) is 5.16. The van der Waals surface area contributed by atoms with Crippen molar-refractivity contribution in [2.75, 3.05) is 0 Å². The van der Waals surface area contributed by atoms with Crippen molar-refractivity contribution >= 4 is 15.9 Å². The van der Waals surface area contributed by atoms with Crippen LogP contribution in [0.5, 0.6) is 0 Å². The molecule has 1 aromatic heterocycles. The molecule has 2 aromatic rings. The number of rotatable bonds is 3. The number of hydrogen-bond donors (Lipinski definition) is 0. The van der Waals surface area contributed by atoms with Crippen molar-refractivity contribution in [2.24, 2.45) is 0 Å². The Morgan fingerprint density at radius 1 is 1.19 bits per heavy atom. The van der Waals surface area contributed by atoms with Crippen molar-refractivity contribution in [1.29, 1.82) is 0 Å². The molecule has 0 amide bonds. The molecule has 0 aliphatic heterocycles. The SMILES string of the molecule is Fc1cccc(CC(Br)c2ncccn2)c1. The lowest BCUT2D eigenvalue weighted by Gasteiger charge is -2.07. The van der Waals surface area contributed by atoms with Crippen LogP contribution in [-0.2, 0) is 6.42 Å². The van der Waals surface area contributed by atoms with Crippen molar-refractivity contribution < 1.29 is 4.39 Å². The molecule has 0 saturated heterocycles. The predicted octanol–water partition coefficient (Wildman–Crippen LogP) is 3.29. The van der Waals surface area contributed by atoms with E-state index in [4.69, 9.17) is 0 Å². The zero-order chi connectivity index (χ0) is 11.4. The van der Waals surface area contributed by atoms with Gasteiger partial charge in [-0.2, -0.15) is 0 Å². The Labute approximate surface area is 102 Å². The molecule has 2 nitrogen and oxygen atoms in total. The molecule has 16 heavy (non-hydrogen) atoms. The fourth-order valence-electron chi connectivity index (χ4n) is 1.43. The maximum atomic E-state index is 13.0. The van der Waals surface area contributed by atoms with E-state index in [2.05, 4.69) is 25.9 Å². The van der Waals surface area contributed by atoms with Crippen molar-refractivity contribution in [2.45, 2.75) is 11.2 Å². The molecule has 0 aliphatic rings. The summed E-state index contributed by atoms with van der Waals surface area (Å²) in [6, 6.07) is 8.32. The molecule has 0 spiro atoms. The Balaban J connectivity index is 2.11. The van der Waals surface area contributed by atoms with Crippen LogP contribution in [-0.4, -0.2) is 9.97 Å². The predicted molar refractivity (Wildman–Crippen MR) is 63.8 cm³/mol. The van der Waals surface area contributed by atoms with Crippen LogP contribution in [0.4, 0.5) is 4.39 Å². The Hall–Kier alpha value is -1.29. The molecule has 1 heterocycles. The van der Waals surface area contributed by atoms with E-state index in [0.29, 0.717) is 12.2 Å². The summed E-state index contributed by atoms with van der Waals surface area (Å²) < 4.78 is 13.0. The summed E-state index contributed by atoms with van der Waals surface area (Å²) in [7, 11) is 0. The quantitative estimate of drug-likeness (QED) is 0.807. The average molecular weight is 281 g/mol. The Kier molecular flexibility index (Phi) is 3.62. The number of benzene rings is 1. The smallest absolute Gasteiger partial charge is 0.142 e. The molecule has 0 fully saturated rings. The molecule has 0 aliphatic carbocycles. The number of halogens is 2. The van der Waals surface area contributed by atoms with Gasteiger partial charge >= 0.3 is 0 Å². The van der Waals surface area contributed by atoms with E-state index in [1.165, 1.54) is 12.1 Å². The highest BCUT2D eigenvalue weighted by Crippen LogP contribution is 2.23. The third kappa shape index (κ3) is 2.85. The number of nitrogens with zero attached hydrogens (tertiary/aromatic N) is 2. The fraction of sp³-hybridized carbons (Fsp3) is 0.167. The molecule has 1 atom stereocenters. The summed E-state index contributed by atoms with van der Waals surface area (Å²) in [5, 5.41) is 0. The molecule has 2 rings (SSSR count). The summed E-state index contributed by atoms with van der Waals surface area (Å²) >= 11 is 3.50. The lowest BCUT2D eigenvalue weighted by molar-refractivity contribution is 0.625. The minimum Gasteiger partial charge on any atom is -0.240 e. The van der Waals surface area contributed by atoms with Gasteiger partial charge in [-0.3, -0.25) is 0 Å². The minimum absolute atomic E-state index is 0.00972. The van der Waals surface area contributed by atoms with Gasteiger partial charge < -0.3 is 0 Å². The van der Waals surface area contributed by atoms with Crippen LogP contribution in [0.15, 0.2) is 42.7 Å². The van der Waals surface area contributed by atoms with Gasteiger partial charge in [0.1, 0.15) is 11.6 Å². The van der Waals surface area contributed by atoms with Gasteiger partial charge in [0.2, 0.25) is 0 Å². The van der Waals surface area contributed by atoms with E-state index < -0.39 is 0 Å². The first-order valence-corrected chi connectivity index (χ1v) is 5.82. The van der Waals surface area contributed by atoms with Crippen LogP contribution in [0.1, 0.15) is 16.2 Å². The van der Waals surface area contributed by atoms with Crippen molar-refractivity contribution in [3.05, 3.63) is 59.9 Å². The minimum atomic E-state index is -0.216. The van der Waals surface area contributed by atoms with Crippen LogP contribution >= 0.6 is 15.9 Å². The molecule has 0 bridgehead atoms. The maximum absolute atomic E-state index is 13.0. The summed E-state index contributed by atoms with van der Waals surface area (Å²) in [5.41, 5.74) is 0.925. The van der Waals surface area contributed by atoms with E-state index in [9.17, 15) is 4.39 Å². The van der Waals surface area contributed by atoms with Gasteiger partial charge in [0.25, 0.3) is 0 Å². The monoisotopic (exact) mass is 280 g/mol. The van der Waals surface area contributed by atoms with Crippen LogP contribution in [0.3, 0.4) is 0 Å². The molecule has 0 saturated carbocycles. The van der Waals surface area contributed by atoms with Gasteiger partial charge in [0.05, 0.1) is 4.83 Å². The largest absolute Gasteiger partial charge is 0.240 e. The van der Waals surface area contributed by atoms with Gasteiger partial charge in [0, 0.05) is 12.4 Å². The second-order valence-electron chi connectivity index (χ2n) is 3.41. The maximum Gasteiger partial charge on any atom is 0.142 e. The highest BCUT2D eigenvalue weighted by Gasteiger charge is 2.10. The third-order valence-electron chi connectivity index (χ3n) is 2.17. The Bertz CT molecular complexity index is 462. The first-order valence-electron chi connectivity index (χ1n) is 4.91. The van der Waals surface area contributed by atoms with E-state index in [1.807, 2.05) is 6.07 Å². The van der Waals surface area contributed by atoms with Crippen LogP contribution < -0.4 is 0 Å². The molecule has 4 heteroatoms. The molecular formula is C12H10BrFN2. The zero-order valence-electron chi connectivity index (χ0n) is 8.48. The molecule has 82 valence electrons. The second-order valence-corrected chi connectivity index (χ2v) is 4.51. The van der Waals surface area contributed by atoms with Crippen molar-refractivity contribution in [1.82, 2.24) is 9.97 Å². The van der Waals surface area contributed by atoms with Gasteiger partial charge in [-0.1, -0.05) is 28.1 Å². The van der Waals surface area contributed by atoms with Gasteiger partial charge in [0.15, 0.2) is 0 Å². The first-order chi connectivity index (χ1) is 7.75. The fourth-order valence-corrected chi connectivity index (χ4v) is 2.04. The van der Waals surface area contributed by atoms with Gasteiger partial charge in [-0.25, -0.2) is 14.4 Å². The van der Waals surface area contributed by atoms with E-state index in [0.717, 1.165) is 5.56 Å². The highest BCUT2D eigenvalue weighted by molar-refractivity contribution is 9.09. The zero-order valence-corrected chi connectivity index (χ0v) is 10.1. The number of alkyl halides is 1. The molecule has 0 radical (unpaired) electrons. The first kappa shape index (κ1) is 11.2. The van der Waals surface area contributed by atoms with E-state index in [1.54, 1.807) is 24.5 Å². The summed E-state index contributed by atoms with van der Waals surface area (Å²) in [6.45, 7) is 0. The van der Waals surface area contributed by atoms with Crippen molar-refractivity contribution in [3.63, 3.8) is 0 Å². The highest BCUT2D eigenvalue weighted by atomic mass is 79.9. The molecular weight excluding hydrogens is 271 g/mol. The van der Waals surface area contributed by atoms with E-state index >= 15 is 0 Å². The van der Waals surface area contributed by atoms with Gasteiger partial charge in [-0.05, 0) is 30.2 Å².